The first kappa shape index (κ1) is 15.0. The van der Waals surface area contributed by atoms with Crippen molar-refractivity contribution >= 4 is 34.8 Å². The first-order valence-electron chi connectivity index (χ1n) is 4.97. The minimum absolute atomic E-state index is 0.128. The van der Waals surface area contributed by atoms with Crippen molar-refractivity contribution in [1.29, 1.82) is 5.26 Å². The molecule has 1 aromatic heterocycles. The number of aromatic nitrogens is 2. The Morgan fingerprint density at radius 3 is 2.25 bits per heavy atom. The summed E-state index contributed by atoms with van der Waals surface area (Å²) >= 11 is 17.3. The molecule has 0 saturated heterocycles. The Bertz CT molecular complexity index is 716. The van der Waals surface area contributed by atoms with Crippen molar-refractivity contribution in [3.63, 3.8) is 0 Å². The van der Waals surface area contributed by atoms with Gasteiger partial charge in [-0.1, -0.05) is 34.8 Å². The number of hydrogen-bond acceptors (Lipinski definition) is 2. The Balaban J connectivity index is 2.67. The lowest BCUT2D eigenvalue weighted by atomic mass is 10.2. The maximum absolute atomic E-state index is 12.8. The summed E-state index contributed by atoms with van der Waals surface area (Å²) in [5.74, 6) is 0. The number of rotatable bonds is 1. The molecule has 0 atom stereocenters. The molecular formula is C11H3Cl3F3N3. The van der Waals surface area contributed by atoms with Crippen LogP contribution < -0.4 is 0 Å². The number of nitriles is 1. The van der Waals surface area contributed by atoms with Gasteiger partial charge in [0.1, 0.15) is 11.6 Å². The zero-order valence-corrected chi connectivity index (χ0v) is 11.6. The van der Waals surface area contributed by atoms with E-state index in [1.807, 2.05) is 0 Å². The van der Waals surface area contributed by atoms with E-state index >= 15 is 0 Å². The largest absolute Gasteiger partial charge is 0.436 e. The standard InChI is InChI=1S/C11H3Cl3F3N3/c12-7-2-1-5(3-8(7)13)20-10(14)6(4-18)9(19-20)11(15,16)17/h1-3H. The van der Waals surface area contributed by atoms with Gasteiger partial charge in [-0.3, -0.25) is 0 Å². The summed E-state index contributed by atoms with van der Waals surface area (Å²) in [7, 11) is 0. The van der Waals surface area contributed by atoms with Crippen molar-refractivity contribution in [3.05, 3.63) is 44.7 Å². The van der Waals surface area contributed by atoms with E-state index in [-0.39, 0.29) is 15.7 Å². The van der Waals surface area contributed by atoms with Crippen molar-refractivity contribution in [1.82, 2.24) is 9.78 Å². The summed E-state index contributed by atoms with van der Waals surface area (Å²) in [6.07, 6.45) is -4.78. The first-order chi connectivity index (χ1) is 9.25. The van der Waals surface area contributed by atoms with Gasteiger partial charge in [0.25, 0.3) is 0 Å². The van der Waals surface area contributed by atoms with Crippen molar-refractivity contribution < 1.29 is 13.2 Å². The highest BCUT2D eigenvalue weighted by Crippen LogP contribution is 2.35. The van der Waals surface area contributed by atoms with Crippen molar-refractivity contribution in [2.45, 2.75) is 6.18 Å². The molecule has 104 valence electrons. The second kappa shape index (κ2) is 5.17. The van der Waals surface area contributed by atoms with Gasteiger partial charge in [0, 0.05) is 0 Å². The van der Waals surface area contributed by atoms with Crippen LogP contribution in [-0.4, -0.2) is 9.78 Å². The molecule has 1 aromatic carbocycles. The Labute approximate surface area is 126 Å². The molecule has 0 fully saturated rings. The number of nitrogens with zero attached hydrogens (tertiary/aromatic N) is 3. The zero-order valence-electron chi connectivity index (χ0n) is 9.34. The maximum atomic E-state index is 12.8. The molecule has 0 aliphatic carbocycles. The molecule has 0 aliphatic rings. The maximum Gasteiger partial charge on any atom is 0.436 e. The summed E-state index contributed by atoms with van der Waals surface area (Å²) in [5, 5.41) is 12.0. The Hall–Kier alpha value is -1.42. The molecule has 0 aliphatic heterocycles. The predicted molar refractivity (Wildman–Crippen MR) is 68.3 cm³/mol. The third kappa shape index (κ3) is 2.57. The van der Waals surface area contributed by atoms with E-state index in [0.717, 1.165) is 4.68 Å². The molecule has 0 spiro atoms. The summed E-state index contributed by atoms with van der Waals surface area (Å²) in [6.45, 7) is 0. The van der Waals surface area contributed by atoms with Gasteiger partial charge in [-0.25, -0.2) is 4.68 Å². The molecule has 0 bridgehead atoms. The fraction of sp³-hybridized carbons (Fsp3) is 0.0909. The Kier molecular flexibility index (Phi) is 3.87. The van der Waals surface area contributed by atoms with Gasteiger partial charge in [-0.2, -0.15) is 23.5 Å². The predicted octanol–water partition coefficient (Wildman–Crippen LogP) is 4.72. The van der Waals surface area contributed by atoms with Crippen LogP contribution in [-0.2, 0) is 6.18 Å². The Morgan fingerprint density at radius 1 is 1.15 bits per heavy atom. The van der Waals surface area contributed by atoms with Crippen molar-refractivity contribution in [2.24, 2.45) is 0 Å². The van der Waals surface area contributed by atoms with E-state index in [2.05, 4.69) is 5.10 Å². The summed E-state index contributed by atoms with van der Waals surface area (Å²) in [4.78, 5) is 0. The average molecular weight is 341 g/mol. The van der Waals surface area contributed by atoms with E-state index < -0.39 is 22.6 Å². The fourth-order valence-corrected chi connectivity index (χ4v) is 2.04. The number of hydrogen-bond donors (Lipinski definition) is 0. The molecule has 2 aromatic rings. The van der Waals surface area contributed by atoms with Crippen LogP contribution in [0.25, 0.3) is 5.69 Å². The summed E-state index contributed by atoms with van der Waals surface area (Å²) < 4.78 is 39.0. The molecule has 9 heteroatoms. The lowest BCUT2D eigenvalue weighted by Crippen LogP contribution is -2.08. The average Bonchev–Trinajstić information content (AvgIpc) is 2.69. The number of halogens is 6. The van der Waals surface area contributed by atoms with Gasteiger partial charge in [0.05, 0.1) is 15.7 Å². The summed E-state index contributed by atoms with van der Waals surface area (Å²) in [5.41, 5.74) is -1.93. The molecule has 0 radical (unpaired) electrons. The van der Waals surface area contributed by atoms with E-state index in [9.17, 15) is 13.2 Å². The topological polar surface area (TPSA) is 41.6 Å². The third-order valence-electron chi connectivity index (χ3n) is 2.36. The molecule has 20 heavy (non-hydrogen) atoms. The van der Waals surface area contributed by atoms with E-state index in [1.54, 1.807) is 0 Å². The van der Waals surface area contributed by atoms with Gasteiger partial charge in [0.15, 0.2) is 10.8 Å². The zero-order chi connectivity index (χ0) is 15.1. The molecule has 0 N–H and O–H groups in total. The normalized spacial score (nSPS) is 11.4. The fourth-order valence-electron chi connectivity index (χ4n) is 1.48. The van der Waals surface area contributed by atoms with E-state index in [0.29, 0.717) is 0 Å². The van der Waals surface area contributed by atoms with Gasteiger partial charge in [0.2, 0.25) is 0 Å². The first-order valence-corrected chi connectivity index (χ1v) is 6.10. The molecule has 0 unspecified atom stereocenters. The van der Waals surface area contributed by atoms with Crippen LogP contribution in [0.3, 0.4) is 0 Å². The monoisotopic (exact) mass is 339 g/mol. The lowest BCUT2D eigenvalue weighted by Gasteiger charge is -2.04. The molecular weight excluding hydrogens is 337 g/mol. The second-order valence-electron chi connectivity index (χ2n) is 3.63. The smallest absolute Gasteiger partial charge is 0.220 e. The highest BCUT2D eigenvalue weighted by atomic mass is 35.5. The van der Waals surface area contributed by atoms with Crippen LogP contribution in [0.5, 0.6) is 0 Å². The van der Waals surface area contributed by atoms with Crippen molar-refractivity contribution in [3.8, 4) is 11.8 Å². The van der Waals surface area contributed by atoms with Gasteiger partial charge in [-0.05, 0) is 18.2 Å². The SMILES string of the molecule is N#Cc1c(C(F)(F)F)nn(-c2ccc(Cl)c(Cl)c2)c1Cl. The molecule has 3 nitrogen and oxygen atoms in total. The molecule has 2 rings (SSSR count). The van der Waals surface area contributed by atoms with Crippen LogP contribution in [0.15, 0.2) is 18.2 Å². The van der Waals surface area contributed by atoms with Crippen LogP contribution in [0.2, 0.25) is 15.2 Å². The summed E-state index contributed by atoms with van der Waals surface area (Å²) in [6, 6.07) is 5.46. The van der Waals surface area contributed by atoms with Crippen LogP contribution in [0.1, 0.15) is 11.3 Å². The minimum atomic E-state index is -4.78. The minimum Gasteiger partial charge on any atom is -0.220 e. The van der Waals surface area contributed by atoms with Crippen molar-refractivity contribution in [2.75, 3.05) is 0 Å². The third-order valence-corrected chi connectivity index (χ3v) is 3.45. The number of benzene rings is 1. The second-order valence-corrected chi connectivity index (χ2v) is 4.81. The highest BCUT2D eigenvalue weighted by molar-refractivity contribution is 6.42. The van der Waals surface area contributed by atoms with E-state index in [1.165, 1.54) is 24.3 Å². The van der Waals surface area contributed by atoms with Gasteiger partial charge >= 0.3 is 6.18 Å². The lowest BCUT2D eigenvalue weighted by molar-refractivity contribution is -0.141. The molecule has 1 heterocycles. The van der Waals surface area contributed by atoms with Crippen LogP contribution >= 0.6 is 34.8 Å². The Morgan fingerprint density at radius 2 is 1.80 bits per heavy atom. The van der Waals surface area contributed by atoms with Crippen LogP contribution in [0, 0.1) is 11.3 Å². The van der Waals surface area contributed by atoms with Gasteiger partial charge in [-0.15, -0.1) is 0 Å². The van der Waals surface area contributed by atoms with E-state index in [4.69, 9.17) is 40.1 Å². The van der Waals surface area contributed by atoms with Crippen LogP contribution in [0.4, 0.5) is 13.2 Å². The molecule has 0 amide bonds. The van der Waals surface area contributed by atoms with Gasteiger partial charge < -0.3 is 0 Å². The highest BCUT2D eigenvalue weighted by Gasteiger charge is 2.39. The quantitative estimate of drug-likeness (QED) is 0.753. The number of alkyl halides is 3. The molecule has 0 saturated carbocycles.